The second-order valence-electron chi connectivity index (χ2n) is 7.71. The van der Waals surface area contributed by atoms with E-state index < -0.39 is 0 Å². The van der Waals surface area contributed by atoms with Gasteiger partial charge in [-0.2, -0.15) is 15.0 Å². The highest BCUT2D eigenvalue weighted by Gasteiger charge is 2.21. The number of halogens is 1. The molecule has 8 heteroatoms. The van der Waals surface area contributed by atoms with Crippen molar-refractivity contribution in [2.24, 2.45) is 0 Å². The van der Waals surface area contributed by atoms with Crippen LogP contribution in [0.4, 0.5) is 23.5 Å². The van der Waals surface area contributed by atoms with E-state index in [4.69, 9.17) is 19.7 Å². The van der Waals surface area contributed by atoms with E-state index in [1.54, 1.807) is 0 Å². The standard InChI is InChI=1S/C23H26N6O.ClH/c1-2-8-19(9-3-1)30-20-12-10-18(11-13-20)24-21-25-22(28-14-4-5-15-28)27-23(26-21)29-16-6-7-17-29;/h1-3,8-13H,4-7,14-17H2,(H,24,25,26,27);1H. The van der Waals surface area contributed by atoms with E-state index >= 15 is 0 Å². The molecule has 5 rings (SSSR count). The Hall–Kier alpha value is -3.06. The molecule has 2 fully saturated rings. The minimum atomic E-state index is 0. The minimum Gasteiger partial charge on any atom is -0.457 e. The van der Waals surface area contributed by atoms with E-state index in [9.17, 15) is 0 Å². The Kier molecular flexibility index (Phi) is 6.72. The van der Waals surface area contributed by atoms with Crippen LogP contribution in [0.15, 0.2) is 54.6 Å². The summed E-state index contributed by atoms with van der Waals surface area (Å²) in [4.78, 5) is 18.7. The molecule has 0 amide bonds. The van der Waals surface area contributed by atoms with Gasteiger partial charge in [0.05, 0.1) is 0 Å². The second-order valence-corrected chi connectivity index (χ2v) is 7.71. The first-order chi connectivity index (χ1) is 14.8. The second kappa shape index (κ2) is 9.83. The zero-order chi connectivity index (χ0) is 20.2. The van der Waals surface area contributed by atoms with E-state index in [-0.39, 0.29) is 12.4 Å². The summed E-state index contributed by atoms with van der Waals surface area (Å²) in [5, 5.41) is 3.35. The van der Waals surface area contributed by atoms with Gasteiger partial charge in [0.25, 0.3) is 0 Å². The first-order valence-electron chi connectivity index (χ1n) is 10.7. The lowest BCUT2D eigenvalue weighted by atomic mass is 10.3. The van der Waals surface area contributed by atoms with E-state index in [1.165, 1.54) is 25.7 Å². The van der Waals surface area contributed by atoms with Gasteiger partial charge in [0.1, 0.15) is 11.5 Å². The number of aromatic nitrogens is 3. The zero-order valence-electron chi connectivity index (χ0n) is 17.4. The van der Waals surface area contributed by atoms with Gasteiger partial charge in [-0.3, -0.25) is 0 Å². The fourth-order valence-electron chi connectivity index (χ4n) is 3.89. The molecule has 3 heterocycles. The normalized spacial score (nSPS) is 15.6. The number of nitrogens with one attached hydrogen (secondary N) is 1. The number of nitrogens with zero attached hydrogens (tertiary/aromatic N) is 5. The van der Waals surface area contributed by atoms with Crippen molar-refractivity contribution in [1.29, 1.82) is 0 Å². The van der Waals surface area contributed by atoms with E-state index in [0.29, 0.717) is 5.95 Å². The van der Waals surface area contributed by atoms with Crippen molar-refractivity contribution in [1.82, 2.24) is 15.0 Å². The highest BCUT2D eigenvalue weighted by Crippen LogP contribution is 2.26. The Labute approximate surface area is 188 Å². The Morgan fingerprint density at radius 1 is 0.645 bits per heavy atom. The van der Waals surface area contributed by atoms with Crippen LogP contribution in [-0.4, -0.2) is 41.1 Å². The van der Waals surface area contributed by atoms with E-state index in [2.05, 4.69) is 15.1 Å². The molecule has 1 N–H and O–H groups in total. The molecule has 3 aromatic rings. The fourth-order valence-corrected chi connectivity index (χ4v) is 3.89. The van der Waals surface area contributed by atoms with Gasteiger partial charge >= 0.3 is 0 Å². The zero-order valence-corrected chi connectivity index (χ0v) is 18.2. The van der Waals surface area contributed by atoms with Crippen LogP contribution in [0.3, 0.4) is 0 Å². The molecule has 162 valence electrons. The predicted octanol–water partition coefficient (Wildman–Crippen LogP) is 5.03. The van der Waals surface area contributed by atoms with Gasteiger partial charge in [-0.25, -0.2) is 0 Å². The summed E-state index contributed by atoms with van der Waals surface area (Å²) in [6, 6.07) is 17.6. The number of hydrogen-bond donors (Lipinski definition) is 1. The van der Waals surface area contributed by atoms with Gasteiger partial charge in [0.2, 0.25) is 17.8 Å². The average Bonchev–Trinajstić information content (AvgIpc) is 3.50. The largest absolute Gasteiger partial charge is 0.457 e. The molecule has 2 saturated heterocycles. The third-order valence-electron chi connectivity index (χ3n) is 5.48. The van der Waals surface area contributed by atoms with Crippen molar-refractivity contribution in [2.45, 2.75) is 25.7 Å². The van der Waals surface area contributed by atoms with Crippen LogP contribution in [0, 0.1) is 0 Å². The van der Waals surface area contributed by atoms with Crippen LogP contribution in [0.1, 0.15) is 25.7 Å². The topological polar surface area (TPSA) is 66.4 Å². The summed E-state index contributed by atoms with van der Waals surface area (Å²) in [6.07, 6.45) is 4.76. The number of rotatable bonds is 6. The quantitative estimate of drug-likeness (QED) is 0.578. The molecule has 2 aromatic carbocycles. The lowest BCUT2D eigenvalue weighted by Gasteiger charge is -2.20. The van der Waals surface area contributed by atoms with E-state index in [0.717, 1.165) is 55.3 Å². The lowest BCUT2D eigenvalue weighted by Crippen LogP contribution is -2.25. The molecule has 0 atom stereocenters. The summed E-state index contributed by atoms with van der Waals surface area (Å²) < 4.78 is 5.87. The van der Waals surface area contributed by atoms with Gasteiger partial charge in [0, 0.05) is 31.9 Å². The maximum absolute atomic E-state index is 5.87. The highest BCUT2D eigenvalue weighted by molar-refractivity contribution is 5.85. The SMILES string of the molecule is Cl.c1ccc(Oc2ccc(Nc3nc(N4CCCC4)nc(N4CCCC4)n3)cc2)cc1. The number of hydrogen-bond acceptors (Lipinski definition) is 7. The summed E-state index contributed by atoms with van der Waals surface area (Å²) in [6.45, 7) is 4.03. The fraction of sp³-hybridized carbons (Fsp3) is 0.348. The van der Waals surface area contributed by atoms with Crippen molar-refractivity contribution >= 4 is 35.9 Å². The van der Waals surface area contributed by atoms with Crippen molar-refractivity contribution in [3.05, 3.63) is 54.6 Å². The van der Waals surface area contributed by atoms with Crippen LogP contribution in [-0.2, 0) is 0 Å². The van der Waals surface area contributed by atoms with Crippen molar-refractivity contribution in [3.63, 3.8) is 0 Å². The molecule has 0 bridgehead atoms. The molecule has 0 aliphatic carbocycles. The summed E-state index contributed by atoms with van der Waals surface area (Å²) in [5.41, 5.74) is 0.918. The molecule has 1 aromatic heterocycles. The highest BCUT2D eigenvalue weighted by atomic mass is 35.5. The molecule has 2 aliphatic rings. The first-order valence-corrected chi connectivity index (χ1v) is 10.7. The molecular weight excluding hydrogens is 412 g/mol. The predicted molar refractivity (Wildman–Crippen MR) is 126 cm³/mol. The van der Waals surface area contributed by atoms with E-state index in [1.807, 2.05) is 54.6 Å². The van der Waals surface area contributed by atoms with Crippen LogP contribution >= 0.6 is 12.4 Å². The van der Waals surface area contributed by atoms with Gasteiger partial charge in [-0.15, -0.1) is 12.4 Å². The average molecular weight is 439 g/mol. The number of benzene rings is 2. The molecule has 0 spiro atoms. The minimum absolute atomic E-state index is 0. The van der Waals surface area contributed by atoms with Crippen LogP contribution < -0.4 is 19.9 Å². The van der Waals surface area contributed by atoms with Crippen LogP contribution in [0.5, 0.6) is 11.5 Å². The Morgan fingerprint density at radius 2 is 1.16 bits per heavy atom. The van der Waals surface area contributed by atoms with Gasteiger partial charge in [-0.05, 0) is 62.1 Å². The van der Waals surface area contributed by atoms with Crippen molar-refractivity contribution in [2.75, 3.05) is 41.3 Å². The van der Waals surface area contributed by atoms with Crippen molar-refractivity contribution in [3.8, 4) is 11.5 Å². The van der Waals surface area contributed by atoms with Crippen LogP contribution in [0.2, 0.25) is 0 Å². The maximum Gasteiger partial charge on any atom is 0.233 e. The lowest BCUT2D eigenvalue weighted by molar-refractivity contribution is 0.483. The summed E-state index contributed by atoms with van der Waals surface area (Å²) >= 11 is 0. The first kappa shape index (κ1) is 21.2. The molecule has 0 saturated carbocycles. The third-order valence-corrected chi connectivity index (χ3v) is 5.48. The molecule has 7 nitrogen and oxygen atoms in total. The molecule has 31 heavy (non-hydrogen) atoms. The summed E-state index contributed by atoms with van der Waals surface area (Å²) in [5.74, 6) is 3.75. The van der Waals surface area contributed by atoms with Crippen molar-refractivity contribution < 1.29 is 4.74 Å². The number of ether oxygens (including phenoxy) is 1. The molecular formula is C23H27ClN6O. The summed E-state index contributed by atoms with van der Waals surface area (Å²) in [7, 11) is 0. The van der Waals surface area contributed by atoms with Gasteiger partial charge < -0.3 is 19.9 Å². The Balaban J connectivity index is 0.00000231. The molecule has 0 unspecified atom stereocenters. The number of anilines is 4. The smallest absolute Gasteiger partial charge is 0.233 e. The monoisotopic (exact) mass is 438 g/mol. The van der Waals surface area contributed by atoms with Gasteiger partial charge in [0.15, 0.2) is 0 Å². The molecule has 0 radical (unpaired) electrons. The maximum atomic E-state index is 5.87. The number of para-hydroxylation sites is 1. The Bertz CT molecular complexity index is 939. The van der Waals surface area contributed by atoms with Crippen LogP contribution in [0.25, 0.3) is 0 Å². The molecule has 2 aliphatic heterocycles. The third kappa shape index (κ3) is 5.17. The van der Waals surface area contributed by atoms with Gasteiger partial charge in [-0.1, -0.05) is 18.2 Å². The Morgan fingerprint density at radius 3 is 1.71 bits per heavy atom.